The number of Topliss-reactive ketones (excluding diaryl/α,β-unsaturated/α-hetero) is 2. The molecule has 21 heteroatoms. The first-order chi connectivity index (χ1) is 40.9. The monoisotopic (exact) mass is 1190 g/mol. The number of aromatic nitrogens is 5. The van der Waals surface area contributed by atoms with Gasteiger partial charge in [-0.05, 0) is 146 Å². The molecule has 7 N–H and O–H groups in total. The van der Waals surface area contributed by atoms with Crippen LogP contribution in [0.2, 0.25) is 0 Å². The number of oxazole rings is 1. The Kier molecular flexibility index (Phi) is 22.0. The highest BCUT2D eigenvalue weighted by atomic mass is 16.6. The number of cyclic esters (lactones) is 1. The molecule has 3 unspecified atom stereocenters. The molecule has 4 aromatic rings. The maximum Gasteiger partial charge on any atom is 0.329 e. The Hall–Kier alpha value is -6.20. The van der Waals surface area contributed by atoms with E-state index in [9.17, 15) is 39.6 Å². The number of hydrogen-bond acceptors (Lipinski definition) is 19. The molecule has 1 amide bonds. The molecule has 0 spiro atoms. The van der Waals surface area contributed by atoms with Gasteiger partial charge in [-0.3, -0.25) is 14.4 Å². The fourth-order valence-corrected chi connectivity index (χ4v) is 13.1. The standard InChI is InChI=1S/C65H92N8O13/c1-35(2)73-61-54(60(66)67-34-68-61)55(71-73)44-22-25-51-47(31-44)70-64(85-51)69-46-32-45-23-20-42(9)65(81,86-45)59(78)62(79)72-26-16-15-19-48(72)63(80)84-52(39(6)29-43-21-24-49(74)53(30-43)82-10)33-50(75)38(5)28-41(8)57(77)58(83-11)56(76)40(7)27-36(3)17-13-12-14-18-37(46)4/h12-14,17-18,22,25,28,31,34-36,38-40,42-43,45-46,48-49,52-53,56-58,74,76-77,81H,15-16,19-21,23-24,26-27,29-30,32-33H2,1-11H3,(H,69,70)(H2,66,67,68)/b14-12+,17-13+,37-18-,41-28+/t36-,38-,39?,40-,42-,43-,45+,46+,48?,49-,52+,53-,56?,57-,58+,65-/m1/s1. The number of fused-ring (bicyclic) bond motifs is 5. The number of anilines is 2. The van der Waals surface area contributed by atoms with Crippen LogP contribution in [0, 0.1) is 35.5 Å². The van der Waals surface area contributed by atoms with Crippen LogP contribution < -0.4 is 11.1 Å². The number of aliphatic hydroxyl groups is 4. The molecule has 2 bridgehead atoms. The number of nitrogens with one attached hydrogen (secondary N) is 1. The van der Waals surface area contributed by atoms with Gasteiger partial charge in [0.05, 0.1) is 35.8 Å². The molecule has 4 aliphatic rings. The molecular formula is C65H92N8O13. The van der Waals surface area contributed by atoms with Crippen LogP contribution in [0.5, 0.6) is 0 Å². The number of amides is 1. The molecule has 3 aromatic heterocycles. The zero-order chi connectivity index (χ0) is 62.3. The molecule has 1 aromatic carbocycles. The number of benzene rings is 1. The molecule has 2 saturated heterocycles. The minimum atomic E-state index is -2.55. The van der Waals surface area contributed by atoms with Crippen LogP contribution in [0.4, 0.5) is 11.8 Å². The Morgan fingerprint density at radius 2 is 1.66 bits per heavy atom. The Balaban J connectivity index is 1.11. The van der Waals surface area contributed by atoms with Crippen molar-refractivity contribution in [2.24, 2.45) is 35.5 Å². The van der Waals surface area contributed by atoms with Crippen LogP contribution >= 0.6 is 0 Å². The highest BCUT2D eigenvalue weighted by Gasteiger charge is 2.53. The van der Waals surface area contributed by atoms with E-state index in [4.69, 9.17) is 39.2 Å². The van der Waals surface area contributed by atoms with Gasteiger partial charge in [-0.1, -0.05) is 76.6 Å². The quantitative estimate of drug-likeness (QED) is 0.0519. The van der Waals surface area contributed by atoms with Gasteiger partial charge in [-0.25, -0.2) is 19.4 Å². The number of aliphatic hydroxyl groups excluding tert-OH is 3. The van der Waals surface area contributed by atoms with Gasteiger partial charge in [0.2, 0.25) is 5.79 Å². The van der Waals surface area contributed by atoms with E-state index in [0.29, 0.717) is 97.0 Å². The predicted molar refractivity (Wildman–Crippen MR) is 326 cm³/mol. The van der Waals surface area contributed by atoms with Crippen molar-refractivity contribution in [2.45, 2.75) is 206 Å². The third-order valence-corrected chi connectivity index (χ3v) is 18.4. The molecule has 21 nitrogen and oxygen atoms in total. The van der Waals surface area contributed by atoms with Crippen molar-refractivity contribution in [3.05, 3.63) is 72.1 Å². The van der Waals surface area contributed by atoms with E-state index in [1.807, 2.05) is 84.1 Å². The van der Waals surface area contributed by atoms with E-state index in [-0.39, 0.29) is 73.4 Å². The summed E-state index contributed by atoms with van der Waals surface area (Å²) >= 11 is 0. The molecule has 470 valence electrons. The van der Waals surface area contributed by atoms with Gasteiger partial charge in [0.15, 0.2) is 11.2 Å². The van der Waals surface area contributed by atoms with Gasteiger partial charge < -0.3 is 59.7 Å². The van der Waals surface area contributed by atoms with Crippen molar-refractivity contribution in [1.29, 1.82) is 0 Å². The van der Waals surface area contributed by atoms with E-state index >= 15 is 0 Å². The molecule has 16 atom stereocenters. The molecule has 1 aliphatic carbocycles. The van der Waals surface area contributed by atoms with E-state index in [1.165, 1.54) is 18.3 Å². The van der Waals surface area contributed by atoms with Gasteiger partial charge >= 0.3 is 5.97 Å². The fraction of sp³-hybridized carbons (Fsp3) is 0.631. The maximum absolute atomic E-state index is 14.7. The summed E-state index contributed by atoms with van der Waals surface area (Å²) in [6.45, 7) is 16.9. The predicted octanol–water partition coefficient (Wildman–Crippen LogP) is 8.55. The average Bonchev–Trinajstić information content (AvgIpc) is 1.68. The number of methoxy groups -OCH3 is 2. The number of carbonyl (C=O) groups is 4. The smallest absolute Gasteiger partial charge is 0.329 e. The van der Waals surface area contributed by atoms with Crippen molar-refractivity contribution in [3.8, 4) is 11.3 Å². The first-order valence-electron chi connectivity index (χ1n) is 30.9. The van der Waals surface area contributed by atoms with Gasteiger partial charge in [0.25, 0.3) is 17.7 Å². The lowest BCUT2D eigenvalue weighted by Gasteiger charge is -2.43. The number of ether oxygens (including phenoxy) is 4. The normalized spacial score (nSPS) is 34.4. The number of esters is 1. The van der Waals surface area contributed by atoms with E-state index in [1.54, 1.807) is 44.7 Å². The first-order valence-corrected chi connectivity index (χ1v) is 30.9. The molecule has 1 saturated carbocycles. The van der Waals surface area contributed by atoms with E-state index < -0.39 is 84.0 Å². The zero-order valence-electron chi connectivity index (χ0n) is 51.9. The van der Waals surface area contributed by atoms with Crippen molar-refractivity contribution in [3.63, 3.8) is 0 Å². The minimum absolute atomic E-state index is 0.00855. The summed E-state index contributed by atoms with van der Waals surface area (Å²) in [6.07, 6.45) is 11.7. The number of nitrogen functional groups attached to an aromatic ring is 1. The van der Waals surface area contributed by atoms with Gasteiger partial charge in [-0.2, -0.15) is 10.1 Å². The second-order valence-corrected chi connectivity index (χ2v) is 25.3. The molecule has 3 fully saturated rings. The van der Waals surface area contributed by atoms with Gasteiger partial charge in [0, 0.05) is 50.6 Å². The molecule has 8 rings (SSSR count). The Morgan fingerprint density at radius 3 is 2.40 bits per heavy atom. The lowest BCUT2D eigenvalue weighted by atomic mass is 9.78. The van der Waals surface area contributed by atoms with Crippen LogP contribution in [0.3, 0.4) is 0 Å². The Bertz CT molecular complexity index is 3150. The molecule has 3 aliphatic heterocycles. The summed E-state index contributed by atoms with van der Waals surface area (Å²) < 4.78 is 32.3. The number of nitrogens with two attached hydrogens (primary N) is 1. The summed E-state index contributed by atoms with van der Waals surface area (Å²) in [5, 5.41) is 55.4. The van der Waals surface area contributed by atoms with E-state index in [2.05, 4.69) is 15.3 Å². The lowest BCUT2D eigenvalue weighted by molar-refractivity contribution is -0.263. The number of rotatable bonds is 9. The number of carbonyl (C=O) groups excluding carboxylic acids is 4. The molecular weight excluding hydrogens is 1100 g/mol. The van der Waals surface area contributed by atoms with Crippen molar-refractivity contribution in [1.82, 2.24) is 29.6 Å². The number of piperidine rings is 1. The summed E-state index contributed by atoms with van der Waals surface area (Å²) in [6, 6.07) is 3.97. The third kappa shape index (κ3) is 15.0. The second kappa shape index (κ2) is 28.8. The topological polar surface area (TPSA) is 297 Å². The maximum atomic E-state index is 14.7. The summed E-state index contributed by atoms with van der Waals surface area (Å²) in [7, 11) is 3.00. The lowest BCUT2D eigenvalue weighted by Crippen LogP contribution is -2.61. The number of hydrogen-bond donors (Lipinski definition) is 6. The highest BCUT2D eigenvalue weighted by molar-refractivity contribution is 6.39. The molecule has 0 radical (unpaired) electrons. The van der Waals surface area contributed by atoms with Crippen LogP contribution in [-0.4, -0.2) is 155 Å². The summed E-state index contributed by atoms with van der Waals surface area (Å²) in [5.41, 5.74) is 10.6. The van der Waals surface area contributed by atoms with Crippen LogP contribution in [0.25, 0.3) is 33.4 Å². The van der Waals surface area contributed by atoms with E-state index in [0.717, 1.165) is 11.1 Å². The van der Waals surface area contributed by atoms with Crippen molar-refractivity contribution >= 4 is 57.4 Å². The van der Waals surface area contributed by atoms with Crippen molar-refractivity contribution < 1.29 is 63.0 Å². The zero-order valence-corrected chi connectivity index (χ0v) is 51.9. The summed E-state index contributed by atoms with van der Waals surface area (Å²) in [5.74, 6) is -7.65. The first kappa shape index (κ1) is 65.8. The largest absolute Gasteiger partial charge is 0.460 e. The van der Waals surface area contributed by atoms with Crippen LogP contribution in [0.15, 0.2) is 76.5 Å². The average molecular weight is 1190 g/mol. The Labute approximate surface area is 504 Å². The molecule has 86 heavy (non-hydrogen) atoms. The van der Waals surface area contributed by atoms with Gasteiger partial charge in [-0.15, -0.1) is 0 Å². The third-order valence-electron chi connectivity index (χ3n) is 18.4. The SMILES string of the molecule is CO[C@@H]1C[C@@H](CC(C)[C@@H]2CC(=O)[C@H](C)/C=C(\C)[C@@H](O)[C@@H](OC)C(O)[C@H](C)C[C@H](C)/C=C/C=C/C=C(/C)[C@@H](Nc3nc4cc(-c5nn(C(C)C)c6ncnc(N)c56)ccc4o3)C[C@@H]3CC[C@@H](C)[C@@](O)(O3)C(=O)C(=O)N3CCCCC3C(=O)O2)CC[C@H]1O. The van der Waals surface area contributed by atoms with Crippen molar-refractivity contribution in [2.75, 3.05) is 31.8 Å². The minimum Gasteiger partial charge on any atom is -0.460 e. The molecule has 6 heterocycles. The Morgan fingerprint density at radius 1 is 0.895 bits per heavy atom. The highest BCUT2D eigenvalue weighted by Crippen LogP contribution is 2.39. The fourth-order valence-electron chi connectivity index (χ4n) is 13.1. The number of allylic oxidation sites excluding steroid dienone is 6. The number of nitrogens with zero attached hydrogens (tertiary/aromatic N) is 6. The second-order valence-electron chi connectivity index (χ2n) is 25.3. The summed E-state index contributed by atoms with van der Waals surface area (Å²) in [4.78, 5) is 73.3. The van der Waals surface area contributed by atoms with Gasteiger partial charge in [0.1, 0.15) is 53.5 Å². The van der Waals surface area contributed by atoms with Crippen LogP contribution in [-0.2, 0) is 38.1 Å². The number of ketones is 2. The van der Waals surface area contributed by atoms with Crippen LogP contribution in [0.1, 0.15) is 145 Å².